The van der Waals surface area contributed by atoms with Crippen molar-refractivity contribution in [2.24, 2.45) is 11.7 Å². The Bertz CT molecular complexity index is 528. The number of nitrogens with two attached hydrogens (primary N) is 1. The summed E-state index contributed by atoms with van der Waals surface area (Å²) in [6.07, 6.45) is 1.71. The molecule has 1 aliphatic rings. The number of hydrogen-bond acceptors (Lipinski definition) is 4. The maximum absolute atomic E-state index is 12.4. The number of benzene rings is 1. The summed E-state index contributed by atoms with van der Waals surface area (Å²) in [5.41, 5.74) is 5.39. The average molecular weight is 298 g/mol. The van der Waals surface area contributed by atoms with Gasteiger partial charge < -0.3 is 10.5 Å². The molecule has 0 bridgehead atoms. The van der Waals surface area contributed by atoms with Crippen molar-refractivity contribution in [2.75, 3.05) is 26.2 Å². The molecule has 1 heterocycles. The molecule has 1 aliphatic heterocycles. The Labute approximate surface area is 120 Å². The van der Waals surface area contributed by atoms with E-state index >= 15 is 0 Å². The zero-order valence-corrected chi connectivity index (χ0v) is 12.6. The fourth-order valence-electron chi connectivity index (χ4n) is 2.24. The van der Waals surface area contributed by atoms with Crippen molar-refractivity contribution in [3.05, 3.63) is 24.3 Å². The summed E-state index contributed by atoms with van der Waals surface area (Å²) in [5.74, 6) is 1.11. The first kappa shape index (κ1) is 15.3. The Balaban J connectivity index is 2.05. The molecule has 0 amide bonds. The van der Waals surface area contributed by atoms with Crippen molar-refractivity contribution in [1.82, 2.24) is 4.31 Å². The summed E-state index contributed by atoms with van der Waals surface area (Å²) in [6, 6.07) is 6.61. The van der Waals surface area contributed by atoms with Gasteiger partial charge in [0.25, 0.3) is 0 Å². The van der Waals surface area contributed by atoms with Crippen LogP contribution in [0.2, 0.25) is 0 Å². The summed E-state index contributed by atoms with van der Waals surface area (Å²) in [6.45, 7) is 4.42. The van der Waals surface area contributed by atoms with E-state index in [1.54, 1.807) is 28.6 Å². The molecule has 1 aromatic carbocycles. The maximum atomic E-state index is 12.4. The molecule has 6 heteroatoms. The first-order valence-corrected chi connectivity index (χ1v) is 8.41. The van der Waals surface area contributed by atoms with Crippen LogP contribution in [0.4, 0.5) is 0 Å². The van der Waals surface area contributed by atoms with Gasteiger partial charge in [0.15, 0.2) is 0 Å². The molecular formula is C14H22N2O3S. The van der Waals surface area contributed by atoms with Crippen LogP contribution in [-0.2, 0) is 10.0 Å². The Morgan fingerprint density at radius 1 is 1.35 bits per heavy atom. The minimum absolute atomic E-state index is 0.331. The van der Waals surface area contributed by atoms with Gasteiger partial charge in [0.05, 0.1) is 11.5 Å². The smallest absolute Gasteiger partial charge is 0.243 e. The number of nitrogens with zero attached hydrogens (tertiary/aromatic N) is 1. The molecule has 2 rings (SSSR count). The minimum atomic E-state index is -3.36. The van der Waals surface area contributed by atoms with E-state index in [1.807, 2.05) is 0 Å². The van der Waals surface area contributed by atoms with Crippen molar-refractivity contribution in [3.8, 4) is 5.75 Å². The van der Waals surface area contributed by atoms with Crippen molar-refractivity contribution in [1.29, 1.82) is 0 Å². The Morgan fingerprint density at radius 2 is 2.05 bits per heavy atom. The van der Waals surface area contributed by atoms with Crippen LogP contribution >= 0.6 is 0 Å². The van der Waals surface area contributed by atoms with E-state index in [2.05, 4.69) is 6.92 Å². The fraction of sp³-hybridized carbons (Fsp3) is 0.571. The molecule has 1 aromatic rings. The molecule has 0 aliphatic carbocycles. The largest absolute Gasteiger partial charge is 0.494 e. The normalized spacial score (nSPS) is 20.2. The second-order valence-corrected chi connectivity index (χ2v) is 7.16. The highest BCUT2D eigenvalue weighted by Crippen LogP contribution is 2.25. The van der Waals surface area contributed by atoms with Crippen molar-refractivity contribution in [3.63, 3.8) is 0 Å². The molecule has 1 atom stereocenters. The van der Waals surface area contributed by atoms with Gasteiger partial charge in [0.1, 0.15) is 5.75 Å². The molecule has 1 unspecified atom stereocenters. The van der Waals surface area contributed by atoms with Crippen LogP contribution in [0.25, 0.3) is 0 Å². The zero-order chi connectivity index (χ0) is 14.6. The van der Waals surface area contributed by atoms with Gasteiger partial charge in [-0.15, -0.1) is 0 Å². The van der Waals surface area contributed by atoms with Gasteiger partial charge in [-0.3, -0.25) is 0 Å². The molecule has 1 fully saturated rings. The van der Waals surface area contributed by atoms with Crippen LogP contribution in [0.15, 0.2) is 29.2 Å². The third kappa shape index (κ3) is 3.50. The van der Waals surface area contributed by atoms with Crippen LogP contribution in [0.5, 0.6) is 5.75 Å². The molecule has 20 heavy (non-hydrogen) atoms. The monoisotopic (exact) mass is 298 g/mol. The third-order valence-electron chi connectivity index (χ3n) is 3.47. The highest BCUT2D eigenvalue weighted by molar-refractivity contribution is 7.89. The SMILES string of the molecule is CC1CCN(S(=O)(=O)c2ccc(OCCCN)cc2)C1. The molecule has 0 radical (unpaired) electrons. The molecule has 0 spiro atoms. The minimum Gasteiger partial charge on any atom is -0.494 e. The molecule has 0 aromatic heterocycles. The molecule has 5 nitrogen and oxygen atoms in total. The summed E-state index contributed by atoms with van der Waals surface area (Å²) in [5, 5.41) is 0. The van der Waals surface area contributed by atoms with E-state index in [9.17, 15) is 8.42 Å². The summed E-state index contributed by atoms with van der Waals surface area (Å²) in [4.78, 5) is 0.331. The molecule has 2 N–H and O–H groups in total. The van der Waals surface area contributed by atoms with E-state index in [-0.39, 0.29) is 0 Å². The third-order valence-corrected chi connectivity index (χ3v) is 5.34. The predicted octanol–water partition coefficient (Wildman–Crippen LogP) is 1.44. The van der Waals surface area contributed by atoms with Crippen LogP contribution in [0.1, 0.15) is 19.8 Å². The van der Waals surface area contributed by atoms with Crippen LogP contribution in [0.3, 0.4) is 0 Å². The van der Waals surface area contributed by atoms with Gasteiger partial charge in [-0.25, -0.2) is 8.42 Å². The van der Waals surface area contributed by atoms with Crippen LogP contribution in [-0.4, -0.2) is 39.0 Å². The lowest BCUT2D eigenvalue weighted by Gasteiger charge is -2.16. The lowest BCUT2D eigenvalue weighted by Crippen LogP contribution is -2.28. The highest BCUT2D eigenvalue weighted by atomic mass is 32.2. The summed E-state index contributed by atoms with van der Waals surface area (Å²) >= 11 is 0. The second kappa shape index (κ2) is 6.56. The van der Waals surface area contributed by atoms with E-state index in [1.165, 1.54) is 0 Å². The molecule has 112 valence electrons. The van der Waals surface area contributed by atoms with E-state index < -0.39 is 10.0 Å². The van der Waals surface area contributed by atoms with Gasteiger partial charge in [-0.1, -0.05) is 6.92 Å². The van der Waals surface area contributed by atoms with Crippen LogP contribution in [0, 0.1) is 5.92 Å². The molecular weight excluding hydrogens is 276 g/mol. The fourth-order valence-corrected chi connectivity index (χ4v) is 3.82. The number of hydrogen-bond donors (Lipinski definition) is 1. The lowest BCUT2D eigenvalue weighted by molar-refractivity contribution is 0.313. The number of ether oxygens (including phenoxy) is 1. The Morgan fingerprint density at radius 3 is 2.60 bits per heavy atom. The van der Waals surface area contributed by atoms with Gasteiger partial charge >= 0.3 is 0 Å². The topological polar surface area (TPSA) is 72.6 Å². The Kier molecular flexibility index (Phi) is 5.01. The van der Waals surface area contributed by atoms with E-state index in [4.69, 9.17) is 10.5 Å². The number of rotatable bonds is 6. The second-order valence-electron chi connectivity index (χ2n) is 5.22. The predicted molar refractivity (Wildman–Crippen MR) is 78.1 cm³/mol. The molecule has 1 saturated heterocycles. The zero-order valence-electron chi connectivity index (χ0n) is 11.8. The highest BCUT2D eigenvalue weighted by Gasteiger charge is 2.30. The van der Waals surface area contributed by atoms with Gasteiger partial charge in [-0.05, 0) is 49.6 Å². The van der Waals surface area contributed by atoms with Crippen molar-refractivity contribution >= 4 is 10.0 Å². The first-order chi connectivity index (χ1) is 9.54. The summed E-state index contributed by atoms with van der Waals surface area (Å²) < 4.78 is 31.9. The quantitative estimate of drug-likeness (QED) is 0.807. The van der Waals surface area contributed by atoms with Crippen molar-refractivity contribution < 1.29 is 13.2 Å². The van der Waals surface area contributed by atoms with Gasteiger partial charge in [0.2, 0.25) is 10.0 Å². The summed E-state index contributed by atoms with van der Waals surface area (Å²) in [7, 11) is -3.36. The van der Waals surface area contributed by atoms with Gasteiger partial charge in [-0.2, -0.15) is 4.31 Å². The molecule has 0 saturated carbocycles. The maximum Gasteiger partial charge on any atom is 0.243 e. The van der Waals surface area contributed by atoms with E-state index in [0.717, 1.165) is 12.8 Å². The number of sulfonamides is 1. The average Bonchev–Trinajstić information content (AvgIpc) is 2.87. The Hall–Kier alpha value is -1.11. The van der Waals surface area contributed by atoms with E-state index in [0.29, 0.717) is 42.8 Å². The lowest BCUT2D eigenvalue weighted by atomic mass is 10.2. The van der Waals surface area contributed by atoms with Gasteiger partial charge in [0, 0.05) is 13.1 Å². The standard InChI is InChI=1S/C14H22N2O3S/c1-12-7-9-16(11-12)20(17,18)14-5-3-13(4-6-14)19-10-2-8-15/h3-6,12H,2,7-11,15H2,1H3. The first-order valence-electron chi connectivity index (χ1n) is 6.97. The van der Waals surface area contributed by atoms with Crippen molar-refractivity contribution in [2.45, 2.75) is 24.7 Å². The van der Waals surface area contributed by atoms with Crippen LogP contribution < -0.4 is 10.5 Å².